The van der Waals surface area contributed by atoms with E-state index >= 15 is 0 Å². The largest absolute Gasteiger partial charge is 0.310 e. The molecule has 0 radical (unpaired) electrons. The van der Waals surface area contributed by atoms with Gasteiger partial charge >= 0.3 is 0 Å². The lowest BCUT2D eigenvalue weighted by atomic mass is 10.1. The average molecular weight is 210 g/mol. The van der Waals surface area contributed by atoms with Gasteiger partial charge in [-0.3, -0.25) is 4.68 Å². The smallest absolute Gasteiger partial charge is 0.137 e. The zero-order chi connectivity index (χ0) is 11.1. The minimum atomic E-state index is 0.443. The van der Waals surface area contributed by atoms with E-state index < -0.39 is 0 Å². The molecule has 1 heterocycles. The van der Waals surface area contributed by atoms with Crippen LogP contribution >= 0.6 is 0 Å². The standard InChI is InChI=1S/C11H22N4/c1-4-5-6-10(2)14-11(3)7-15-9-12-8-13-15/h8-11,14H,4-7H2,1-3H3. The summed E-state index contributed by atoms with van der Waals surface area (Å²) in [5.74, 6) is 0. The third-order valence-corrected chi connectivity index (χ3v) is 2.49. The van der Waals surface area contributed by atoms with Gasteiger partial charge in [0.2, 0.25) is 0 Å². The predicted octanol–water partition coefficient (Wildman–Crippen LogP) is 1.83. The minimum Gasteiger partial charge on any atom is -0.310 e. The number of nitrogens with one attached hydrogen (secondary N) is 1. The second-order valence-corrected chi connectivity index (χ2v) is 4.23. The quantitative estimate of drug-likeness (QED) is 0.746. The zero-order valence-electron chi connectivity index (χ0n) is 9.98. The van der Waals surface area contributed by atoms with Crippen molar-refractivity contribution in [3.05, 3.63) is 12.7 Å². The van der Waals surface area contributed by atoms with Gasteiger partial charge in [0.15, 0.2) is 0 Å². The predicted molar refractivity (Wildman–Crippen MR) is 61.6 cm³/mol. The maximum absolute atomic E-state index is 4.09. The molecule has 0 aromatic carbocycles. The molecule has 0 saturated heterocycles. The number of nitrogens with zero attached hydrogens (tertiary/aromatic N) is 3. The molecule has 4 nitrogen and oxygen atoms in total. The molecule has 1 N–H and O–H groups in total. The van der Waals surface area contributed by atoms with Crippen LogP contribution in [-0.2, 0) is 6.54 Å². The first-order chi connectivity index (χ1) is 7.22. The second-order valence-electron chi connectivity index (χ2n) is 4.23. The average Bonchev–Trinajstić information content (AvgIpc) is 2.67. The molecule has 15 heavy (non-hydrogen) atoms. The van der Waals surface area contributed by atoms with Crippen LogP contribution in [0.3, 0.4) is 0 Å². The summed E-state index contributed by atoms with van der Waals surface area (Å²) < 4.78 is 1.87. The summed E-state index contributed by atoms with van der Waals surface area (Å²) in [5.41, 5.74) is 0. The van der Waals surface area contributed by atoms with Gasteiger partial charge in [0, 0.05) is 12.1 Å². The monoisotopic (exact) mass is 210 g/mol. The number of hydrogen-bond donors (Lipinski definition) is 1. The molecule has 0 amide bonds. The summed E-state index contributed by atoms with van der Waals surface area (Å²) in [6, 6.07) is 1.03. The molecule has 0 bridgehead atoms. The van der Waals surface area contributed by atoms with Crippen LogP contribution in [0.4, 0.5) is 0 Å². The number of hydrogen-bond acceptors (Lipinski definition) is 3. The molecule has 1 rings (SSSR count). The lowest BCUT2D eigenvalue weighted by molar-refractivity contribution is 0.389. The highest BCUT2D eigenvalue weighted by molar-refractivity contribution is 4.68. The van der Waals surface area contributed by atoms with Crippen LogP contribution < -0.4 is 5.32 Å². The molecule has 1 aromatic rings. The third-order valence-electron chi connectivity index (χ3n) is 2.49. The number of unbranched alkanes of at least 4 members (excludes halogenated alkanes) is 1. The summed E-state index contributed by atoms with van der Waals surface area (Å²) in [5, 5.41) is 7.66. The third kappa shape index (κ3) is 4.93. The topological polar surface area (TPSA) is 42.7 Å². The Morgan fingerprint density at radius 1 is 1.33 bits per heavy atom. The molecular weight excluding hydrogens is 188 g/mol. The Morgan fingerprint density at radius 2 is 2.13 bits per heavy atom. The fraction of sp³-hybridized carbons (Fsp3) is 0.818. The summed E-state index contributed by atoms with van der Waals surface area (Å²) in [4.78, 5) is 3.93. The van der Waals surface area contributed by atoms with Crippen molar-refractivity contribution in [3.63, 3.8) is 0 Å². The Morgan fingerprint density at radius 3 is 2.73 bits per heavy atom. The van der Waals surface area contributed by atoms with E-state index in [4.69, 9.17) is 0 Å². The van der Waals surface area contributed by atoms with Gasteiger partial charge in [-0.1, -0.05) is 19.8 Å². The molecule has 0 aliphatic carbocycles. The summed E-state index contributed by atoms with van der Waals surface area (Å²) in [6.07, 6.45) is 7.15. The van der Waals surface area contributed by atoms with Crippen molar-refractivity contribution in [3.8, 4) is 0 Å². The van der Waals surface area contributed by atoms with E-state index in [9.17, 15) is 0 Å². The van der Waals surface area contributed by atoms with Gasteiger partial charge in [0.25, 0.3) is 0 Å². The highest BCUT2D eigenvalue weighted by Crippen LogP contribution is 2.01. The van der Waals surface area contributed by atoms with Gasteiger partial charge in [-0.05, 0) is 20.3 Å². The van der Waals surface area contributed by atoms with E-state index in [-0.39, 0.29) is 0 Å². The first-order valence-corrected chi connectivity index (χ1v) is 5.80. The summed E-state index contributed by atoms with van der Waals surface area (Å²) >= 11 is 0. The first kappa shape index (κ1) is 12.2. The Kier molecular flexibility index (Phi) is 5.32. The molecule has 2 unspecified atom stereocenters. The molecule has 0 fully saturated rings. The molecule has 0 saturated carbocycles. The van der Waals surface area contributed by atoms with Crippen molar-refractivity contribution in [2.24, 2.45) is 0 Å². The van der Waals surface area contributed by atoms with Gasteiger partial charge in [-0.15, -0.1) is 0 Å². The second kappa shape index (κ2) is 6.56. The van der Waals surface area contributed by atoms with Gasteiger partial charge in [0.1, 0.15) is 12.7 Å². The van der Waals surface area contributed by atoms with Gasteiger partial charge < -0.3 is 5.32 Å². The molecule has 2 atom stereocenters. The molecule has 4 heteroatoms. The molecule has 86 valence electrons. The van der Waals surface area contributed by atoms with Crippen LogP contribution in [0.15, 0.2) is 12.7 Å². The van der Waals surface area contributed by atoms with E-state index in [0.29, 0.717) is 12.1 Å². The molecule has 0 aliphatic rings. The van der Waals surface area contributed by atoms with Gasteiger partial charge in [-0.25, -0.2) is 4.98 Å². The normalized spacial score (nSPS) is 15.1. The van der Waals surface area contributed by atoms with Crippen LogP contribution in [-0.4, -0.2) is 26.8 Å². The number of rotatable bonds is 7. The van der Waals surface area contributed by atoms with Crippen LogP contribution in [0.5, 0.6) is 0 Å². The molecule has 0 spiro atoms. The molecular formula is C11H22N4. The van der Waals surface area contributed by atoms with Gasteiger partial charge in [0.05, 0.1) is 6.54 Å². The SMILES string of the molecule is CCCCC(C)NC(C)Cn1cncn1. The van der Waals surface area contributed by atoms with E-state index in [0.717, 1.165) is 6.54 Å². The summed E-state index contributed by atoms with van der Waals surface area (Å²) in [6.45, 7) is 7.54. The fourth-order valence-corrected chi connectivity index (χ4v) is 1.74. The van der Waals surface area contributed by atoms with Crippen molar-refractivity contribution in [2.45, 2.75) is 58.7 Å². The van der Waals surface area contributed by atoms with Crippen LogP contribution in [0.2, 0.25) is 0 Å². The van der Waals surface area contributed by atoms with Crippen molar-refractivity contribution in [1.29, 1.82) is 0 Å². The fourth-order valence-electron chi connectivity index (χ4n) is 1.74. The van der Waals surface area contributed by atoms with Crippen LogP contribution in [0, 0.1) is 0 Å². The number of aromatic nitrogens is 3. The van der Waals surface area contributed by atoms with Crippen LogP contribution in [0.1, 0.15) is 40.0 Å². The lowest BCUT2D eigenvalue weighted by Gasteiger charge is -2.19. The maximum atomic E-state index is 4.09. The zero-order valence-corrected chi connectivity index (χ0v) is 9.98. The maximum Gasteiger partial charge on any atom is 0.137 e. The Balaban J connectivity index is 2.20. The highest BCUT2D eigenvalue weighted by atomic mass is 15.3. The first-order valence-electron chi connectivity index (χ1n) is 5.80. The Labute approximate surface area is 92.1 Å². The van der Waals surface area contributed by atoms with E-state index in [2.05, 4.69) is 36.2 Å². The van der Waals surface area contributed by atoms with E-state index in [1.165, 1.54) is 19.3 Å². The van der Waals surface area contributed by atoms with Crippen molar-refractivity contribution >= 4 is 0 Å². The van der Waals surface area contributed by atoms with E-state index in [1.54, 1.807) is 12.7 Å². The Bertz CT molecular complexity index is 245. The minimum absolute atomic E-state index is 0.443. The van der Waals surface area contributed by atoms with Crippen LogP contribution in [0.25, 0.3) is 0 Å². The van der Waals surface area contributed by atoms with Crippen molar-refractivity contribution in [1.82, 2.24) is 20.1 Å². The Hall–Kier alpha value is -0.900. The lowest BCUT2D eigenvalue weighted by Crippen LogP contribution is -2.37. The molecule has 0 aliphatic heterocycles. The van der Waals surface area contributed by atoms with Gasteiger partial charge in [-0.2, -0.15) is 5.10 Å². The van der Waals surface area contributed by atoms with Crippen molar-refractivity contribution in [2.75, 3.05) is 0 Å². The highest BCUT2D eigenvalue weighted by Gasteiger charge is 2.07. The van der Waals surface area contributed by atoms with Crippen molar-refractivity contribution < 1.29 is 0 Å². The molecule has 1 aromatic heterocycles. The van der Waals surface area contributed by atoms with E-state index in [1.807, 2.05) is 4.68 Å². The summed E-state index contributed by atoms with van der Waals surface area (Å²) in [7, 11) is 0.